The molecule has 2 heterocycles. The molecule has 0 saturated carbocycles. The molecule has 0 N–H and O–H groups in total. The summed E-state index contributed by atoms with van der Waals surface area (Å²) >= 11 is 10.1. The van der Waals surface area contributed by atoms with E-state index in [0.717, 1.165) is 18.8 Å². The fourth-order valence-corrected chi connectivity index (χ4v) is 6.38. The van der Waals surface area contributed by atoms with Crippen molar-refractivity contribution in [3.05, 3.63) is 42.5 Å². The lowest BCUT2D eigenvalue weighted by molar-refractivity contribution is 0.279. The van der Waals surface area contributed by atoms with E-state index in [9.17, 15) is 0 Å². The van der Waals surface area contributed by atoms with Crippen molar-refractivity contribution in [3.63, 3.8) is 0 Å². The fourth-order valence-electron chi connectivity index (χ4n) is 2.76. The monoisotopic (exact) mass is 329 g/mol. The van der Waals surface area contributed by atoms with Crippen molar-refractivity contribution in [1.82, 2.24) is 4.90 Å². The van der Waals surface area contributed by atoms with Crippen molar-refractivity contribution in [2.24, 2.45) is 0 Å². The minimum Gasteiger partial charge on any atom is -0.496 e. The number of benzene rings is 1. The molecule has 0 unspecified atom stereocenters. The van der Waals surface area contributed by atoms with Gasteiger partial charge in [0.1, 0.15) is 9.83 Å². The highest BCUT2D eigenvalue weighted by Gasteiger charge is 2.45. The molecule has 0 aliphatic carbocycles. The quantitative estimate of drug-likeness (QED) is 0.459. The molecule has 0 atom stereocenters. The van der Waals surface area contributed by atoms with Crippen molar-refractivity contribution in [1.29, 1.82) is 0 Å². The largest absolute Gasteiger partial charge is 0.496 e. The Morgan fingerprint density at radius 2 is 2.05 bits per heavy atom. The highest BCUT2D eigenvalue weighted by molar-refractivity contribution is 8.20. The Balaban J connectivity index is 0.000000704. The van der Waals surface area contributed by atoms with E-state index in [1.165, 1.54) is 22.6 Å². The average Bonchev–Trinajstić information content (AvgIpc) is 2.97. The number of methoxy groups -OCH3 is 1. The molecule has 1 spiro atoms. The van der Waals surface area contributed by atoms with Crippen molar-refractivity contribution in [3.8, 4) is 5.75 Å². The van der Waals surface area contributed by atoms with Gasteiger partial charge in [-0.15, -0.1) is 48.3 Å². The Morgan fingerprint density at radius 3 is 2.65 bits per heavy atom. The van der Waals surface area contributed by atoms with E-state index < -0.39 is 0 Å². The number of thioether (sulfide) groups is 2. The molecular weight excluding hydrogens is 310 g/mol. The summed E-state index contributed by atoms with van der Waals surface area (Å²) in [4.78, 5) is 2.31. The number of hydrogen-bond acceptors (Lipinski definition) is 4. The van der Waals surface area contributed by atoms with E-state index in [1.54, 1.807) is 7.11 Å². The Kier molecular flexibility index (Phi) is 5.73. The van der Waals surface area contributed by atoms with Crippen molar-refractivity contribution < 1.29 is 4.74 Å². The molecule has 0 amide bonds. The first kappa shape index (κ1) is 16.1. The summed E-state index contributed by atoms with van der Waals surface area (Å²) in [5, 5.41) is 0. The topological polar surface area (TPSA) is 12.5 Å². The molecule has 110 valence electrons. The first-order chi connectivity index (χ1) is 9.79. The number of halogens is 1. The Hall–Kier alpha value is -0.290. The van der Waals surface area contributed by atoms with Crippen LogP contribution >= 0.6 is 35.1 Å². The number of nitrogens with zero attached hydrogens (tertiary/aromatic N) is 1. The van der Waals surface area contributed by atoms with E-state index in [0.29, 0.717) is 6.00 Å². The first-order valence-electron chi connectivity index (χ1n) is 6.52. The van der Waals surface area contributed by atoms with Crippen LogP contribution in [0.2, 0.25) is 0 Å². The third-order valence-electron chi connectivity index (χ3n) is 3.46. The molecule has 1 fully saturated rings. The first-order valence-corrected chi connectivity index (χ1v) is 9.02. The second-order valence-electron chi connectivity index (χ2n) is 4.55. The normalized spacial score (nSPS) is 20.1. The van der Waals surface area contributed by atoms with Gasteiger partial charge in [0.05, 0.1) is 13.1 Å². The Bertz CT molecular complexity index is 463. The summed E-state index contributed by atoms with van der Waals surface area (Å²) in [5.41, 5.74) is 2.75. The smallest absolute Gasteiger partial charge is 0.124 e. The second kappa shape index (κ2) is 7.12. The fraction of sp³-hybridized carbons (Fsp3) is 0.467. The molecule has 2 nitrogen and oxygen atoms in total. The third-order valence-corrected chi connectivity index (χ3v) is 7.18. The van der Waals surface area contributed by atoms with Gasteiger partial charge in [0, 0.05) is 30.2 Å². The van der Waals surface area contributed by atoms with Crippen LogP contribution in [0.4, 0.5) is 0 Å². The molecule has 0 aromatic heterocycles. The zero-order valence-corrected chi connectivity index (χ0v) is 14.1. The van der Waals surface area contributed by atoms with Crippen LogP contribution in [0, 0.1) is 0 Å². The predicted octanol–water partition coefficient (Wildman–Crippen LogP) is 4.14. The maximum absolute atomic E-state index is 6.06. The zero-order valence-electron chi connectivity index (χ0n) is 11.7. The van der Waals surface area contributed by atoms with Crippen molar-refractivity contribution in [2.75, 3.05) is 31.2 Å². The van der Waals surface area contributed by atoms with Gasteiger partial charge in [0.15, 0.2) is 0 Å². The van der Waals surface area contributed by atoms with Crippen molar-refractivity contribution >= 4 is 35.1 Å². The van der Waals surface area contributed by atoms with Crippen LogP contribution < -0.4 is 4.74 Å². The number of fused-ring (bicyclic) bond motifs is 2. The molecule has 3 rings (SSSR count). The van der Waals surface area contributed by atoms with Crippen LogP contribution in [-0.4, -0.2) is 36.1 Å². The van der Waals surface area contributed by atoms with Gasteiger partial charge in [0.25, 0.3) is 0 Å². The molecule has 20 heavy (non-hydrogen) atoms. The molecule has 0 radical (unpaired) electrons. The molecule has 1 saturated heterocycles. The lowest BCUT2D eigenvalue weighted by Crippen LogP contribution is -2.40. The van der Waals surface area contributed by atoms with Gasteiger partial charge in [-0.1, -0.05) is 12.1 Å². The van der Waals surface area contributed by atoms with E-state index >= 15 is 0 Å². The van der Waals surface area contributed by atoms with Gasteiger partial charge in [0.2, 0.25) is 0 Å². The third kappa shape index (κ3) is 2.84. The SMILES string of the molecule is C=C.COc1cccc2c1C1(CN(CCl)C2)SCCS1. The maximum atomic E-state index is 6.06. The Labute approximate surface area is 134 Å². The summed E-state index contributed by atoms with van der Waals surface area (Å²) in [6, 6.07) is 6.96. The summed E-state index contributed by atoms with van der Waals surface area (Å²) in [6.45, 7) is 7.94. The molecule has 2 aliphatic rings. The van der Waals surface area contributed by atoms with Crippen molar-refractivity contribution in [2.45, 2.75) is 10.6 Å². The van der Waals surface area contributed by atoms with Crippen LogP contribution in [0.15, 0.2) is 31.4 Å². The highest BCUT2D eigenvalue weighted by Crippen LogP contribution is 2.57. The van der Waals surface area contributed by atoms with E-state index in [4.69, 9.17) is 16.3 Å². The van der Waals surface area contributed by atoms with Gasteiger partial charge in [-0.2, -0.15) is 0 Å². The highest BCUT2D eigenvalue weighted by atomic mass is 35.5. The van der Waals surface area contributed by atoms with Crippen LogP contribution in [0.1, 0.15) is 11.1 Å². The van der Waals surface area contributed by atoms with Gasteiger partial charge in [-0.25, -0.2) is 0 Å². The lowest BCUT2D eigenvalue weighted by Gasteiger charge is -2.40. The van der Waals surface area contributed by atoms with Gasteiger partial charge in [-0.3, -0.25) is 4.90 Å². The summed E-state index contributed by atoms with van der Waals surface area (Å²) in [6.07, 6.45) is 0. The zero-order chi connectivity index (χ0) is 14.6. The Morgan fingerprint density at radius 1 is 1.35 bits per heavy atom. The molecular formula is C15H20ClNOS2. The van der Waals surface area contributed by atoms with E-state index in [1.807, 2.05) is 23.5 Å². The average molecular weight is 330 g/mol. The predicted molar refractivity (Wildman–Crippen MR) is 92.0 cm³/mol. The summed E-state index contributed by atoms with van der Waals surface area (Å²) in [5.74, 6) is 3.44. The minimum absolute atomic E-state index is 0.120. The van der Waals surface area contributed by atoms with Gasteiger partial charge in [-0.05, 0) is 11.6 Å². The van der Waals surface area contributed by atoms with Crippen LogP contribution in [0.5, 0.6) is 5.75 Å². The lowest BCUT2D eigenvalue weighted by atomic mass is 9.98. The van der Waals surface area contributed by atoms with Gasteiger partial charge >= 0.3 is 0 Å². The molecule has 5 heteroatoms. The second-order valence-corrected chi connectivity index (χ2v) is 7.84. The summed E-state index contributed by atoms with van der Waals surface area (Å²) in [7, 11) is 1.77. The van der Waals surface area contributed by atoms with Crippen LogP contribution in [-0.2, 0) is 10.6 Å². The molecule has 0 bridgehead atoms. The maximum Gasteiger partial charge on any atom is 0.124 e. The van der Waals surface area contributed by atoms with Crippen LogP contribution in [0.3, 0.4) is 0 Å². The molecule has 1 aromatic rings. The molecule has 1 aromatic carbocycles. The number of hydrogen-bond donors (Lipinski definition) is 0. The standard InChI is InChI=1S/C13H16ClNOS2.C2H4/c1-16-11-4-2-3-10-7-15(9-14)8-13(12(10)11)17-5-6-18-13;1-2/h2-4H,5-9H2,1H3;1-2H2. The number of ether oxygens (including phenoxy) is 1. The van der Waals surface area contributed by atoms with E-state index in [2.05, 4.69) is 36.3 Å². The summed E-state index contributed by atoms with van der Waals surface area (Å²) < 4.78 is 5.71. The van der Waals surface area contributed by atoms with Crippen LogP contribution in [0.25, 0.3) is 0 Å². The van der Waals surface area contributed by atoms with Gasteiger partial charge < -0.3 is 4.74 Å². The minimum atomic E-state index is 0.120. The van der Waals surface area contributed by atoms with E-state index in [-0.39, 0.29) is 4.08 Å². The number of rotatable bonds is 2. The number of alkyl halides is 1. The molecule has 2 aliphatic heterocycles.